The summed E-state index contributed by atoms with van der Waals surface area (Å²) in [6, 6.07) is 0. The fourth-order valence-electron chi connectivity index (χ4n) is 2.17. The zero-order valence-electron chi connectivity index (χ0n) is 12.9. The number of nitrogens with zero attached hydrogens (tertiary/aromatic N) is 1. The summed E-state index contributed by atoms with van der Waals surface area (Å²) in [5, 5.41) is 9.30. The first-order chi connectivity index (χ1) is 9.24. The molecule has 5 heteroatoms. The van der Waals surface area contributed by atoms with Crippen LogP contribution in [0.15, 0.2) is 11.1 Å². The van der Waals surface area contributed by atoms with Crippen molar-refractivity contribution in [1.29, 1.82) is 0 Å². The molecule has 114 valence electrons. The van der Waals surface area contributed by atoms with Gasteiger partial charge in [0.25, 0.3) is 0 Å². The van der Waals surface area contributed by atoms with Gasteiger partial charge in [-0.25, -0.2) is 9.59 Å². The molecule has 20 heavy (non-hydrogen) atoms. The van der Waals surface area contributed by atoms with Gasteiger partial charge in [-0.2, -0.15) is 0 Å². The summed E-state index contributed by atoms with van der Waals surface area (Å²) in [7, 11) is 0. The van der Waals surface area contributed by atoms with E-state index in [0.29, 0.717) is 18.5 Å². The zero-order valence-corrected chi connectivity index (χ0v) is 12.9. The highest BCUT2D eigenvalue weighted by Crippen LogP contribution is 2.24. The fraction of sp³-hybridized carbons (Fsp3) is 0.733. The molecule has 0 fully saturated rings. The van der Waals surface area contributed by atoms with Gasteiger partial charge in [-0.3, -0.25) is 0 Å². The molecule has 0 atom stereocenters. The number of hydrogen-bond donors (Lipinski definition) is 1. The molecule has 1 rings (SSSR count). The van der Waals surface area contributed by atoms with Gasteiger partial charge in [0.15, 0.2) is 0 Å². The first kappa shape index (κ1) is 16.5. The number of carbonyl (C=O) groups is 2. The van der Waals surface area contributed by atoms with Gasteiger partial charge in [0, 0.05) is 6.54 Å². The van der Waals surface area contributed by atoms with Gasteiger partial charge in [-0.1, -0.05) is 18.9 Å². The van der Waals surface area contributed by atoms with Crippen LogP contribution in [0.2, 0.25) is 0 Å². The van der Waals surface area contributed by atoms with Crippen LogP contribution in [0, 0.1) is 0 Å². The average Bonchev–Trinajstić information content (AvgIpc) is 2.33. The number of carboxylic acid groups (broad SMARTS) is 1. The van der Waals surface area contributed by atoms with Gasteiger partial charge in [0.05, 0.1) is 12.1 Å². The minimum absolute atomic E-state index is 0.142. The molecule has 0 aromatic heterocycles. The van der Waals surface area contributed by atoms with E-state index >= 15 is 0 Å². The predicted molar refractivity (Wildman–Crippen MR) is 76.6 cm³/mol. The molecule has 1 N–H and O–H groups in total. The smallest absolute Gasteiger partial charge is 0.410 e. The highest BCUT2D eigenvalue weighted by Gasteiger charge is 2.29. The molecule has 0 saturated carbocycles. The first-order valence-corrected chi connectivity index (χ1v) is 7.16. The molecular formula is C15H25NO4. The number of aliphatic carboxylic acids is 1. The van der Waals surface area contributed by atoms with Crippen LogP contribution in [0.4, 0.5) is 4.79 Å². The summed E-state index contributed by atoms with van der Waals surface area (Å²) in [6.07, 6.45) is 3.01. The van der Waals surface area contributed by atoms with E-state index in [2.05, 4.69) is 6.92 Å². The lowest BCUT2D eigenvalue weighted by Crippen LogP contribution is -2.42. The van der Waals surface area contributed by atoms with Crippen molar-refractivity contribution < 1.29 is 19.4 Å². The van der Waals surface area contributed by atoms with E-state index in [9.17, 15) is 14.7 Å². The normalized spacial score (nSPS) is 16.3. The minimum Gasteiger partial charge on any atom is -0.478 e. The van der Waals surface area contributed by atoms with Crippen LogP contribution in [0.25, 0.3) is 0 Å². The van der Waals surface area contributed by atoms with E-state index in [4.69, 9.17) is 4.74 Å². The van der Waals surface area contributed by atoms with Crippen molar-refractivity contribution in [3.05, 3.63) is 11.1 Å². The van der Waals surface area contributed by atoms with E-state index in [1.54, 1.807) is 20.8 Å². The van der Waals surface area contributed by atoms with Crippen molar-refractivity contribution in [2.24, 2.45) is 0 Å². The summed E-state index contributed by atoms with van der Waals surface area (Å²) in [5.41, 5.74) is 0.766. The second kappa shape index (κ2) is 6.77. The fourth-order valence-corrected chi connectivity index (χ4v) is 2.17. The molecule has 0 radical (unpaired) electrons. The van der Waals surface area contributed by atoms with E-state index in [0.717, 1.165) is 24.8 Å². The Balaban J connectivity index is 2.77. The van der Waals surface area contributed by atoms with E-state index in [1.165, 1.54) is 4.90 Å². The van der Waals surface area contributed by atoms with Gasteiger partial charge in [-0.05, 0) is 40.0 Å². The Bertz CT molecular complexity index is 407. The van der Waals surface area contributed by atoms with Crippen molar-refractivity contribution in [2.45, 2.75) is 59.0 Å². The second-order valence-electron chi connectivity index (χ2n) is 6.14. The summed E-state index contributed by atoms with van der Waals surface area (Å²) in [4.78, 5) is 24.8. The average molecular weight is 283 g/mol. The quantitative estimate of drug-likeness (QED) is 0.860. The molecule has 1 amide bonds. The van der Waals surface area contributed by atoms with Crippen molar-refractivity contribution in [1.82, 2.24) is 4.90 Å². The largest absolute Gasteiger partial charge is 0.478 e. The summed E-state index contributed by atoms with van der Waals surface area (Å²) < 4.78 is 5.29. The van der Waals surface area contributed by atoms with Gasteiger partial charge in [0.1, 0.15) is 5.60 Å². The van der Waals surface area contributed by atoms with Gasteiger partial charge in [0.2, 0.25) is 0 Å². The Labute approximate surface area is 120 Å². The van der Waals surface area contributed by atoms with Gasteiger partial charge >= 0.3 is 12.1 Å². The Morgan fingerprint density at radius 2 is 2.00 bits per heavy atom. The number of carbonyl (C=O) groups excluding carboxylic acids is 1. The molecule has 0 aromatic rings. The van der Waals surface area contributed by atoms with E-state index in [1.807, 2.05) is 0 Å². The summed E-state index contributed by atoms with van der Waals surface area (Å²) in [5.74, 6) is -0.927. The van der Waals surface area contributed by atoms with Crippen LogP contribution in [-0.4, -0.2) is 40.8 Å². The lowest BCUT2D eigenvalue weighted by atomic mass is 9.95. The Hall–Kier alpha value is -1.52. The standard InChI is InChI=1S/C15H25NO4/c1-5-6-7-11-8-9-16(10-12(11)13(17)18)14(19)20-15(2,3)4/h5-10H2,1-4H3,(H,17,18). The summed E-state index contributed by atoms with van der Waals surface area (Å²) in [6.45, 7) is 8.16. The molecule has 5 nitrogen and oxygen atoms in total. The van der Waals surface area contributed by atoms with Crippen molar-refractivity contribution >= 4 is 12.1 Å². The van der Waals surface area contributed by atoms with Crippen LogP contribution in [0.1, 0.15) is 53.4 Å². The second-order valence-corrected chi connectivity index (χ2v) is 6.14. The lowest BCUT2D eigenvalue weighted by molar-refractivity contribution is -0.133. The number of ether oxygens (including phenoxy) is 1. The van der Waals surface area contributed by atoms with Crippen LogP contribution in [0.3, 0.4) is 0 Å². The maximum Gasteiger partial charge on any atom is 0.410 e. The third-order valence-electron chi connectivity index (χ3n) is 3.20. The van der Waals surface area contributed by atoms with Crippen molar-refractivity contribution in [2.75, 3.05) is 13.1 Å². The third-order valence-corrected chi connectivity index (χ3v) is 3.20. The number of unbranched alkanes of at least 4 members (excludes halogenated alkanes) is 1. The minimum atomic E-state index is -0.927. The molecule has 0 aromatic carbocycles. The number of hydrogen-bond acceptors (Lipinski definition) is 3. The highest BCUT2D eigenvalue weighted by atomic mass is 16.6. The van der Waals surface area contributed by atoms with Crippen LogP contribution < -0.4 is 0 Å². The highest BCUT2D eigenvalue weighted by molar-refractivity contribution is 5.89. The predicted octanol–water partition coefficient (Wildman–Crippen LogP) is 3.20. The van der Waals surface area contributed by atoms with Crippen LogP contribution in [0.5, 0.6) is 0 Å². The van der Waals surface area contributed by atoms with Crippen molar-refractivity contribution in [3.8, 4) is 0 Å². The molecule has 0 spiro atoms. The van der Waals surface area contributed by atoms with E-state index in [-0.39, 0.29) is 6.54 Å². The molecule has 1 aliphatic rings. The molecule has 1 heterocycles. The summed E-state index contributed by atoms with van der Waals surface area (Å²) >= 11 is 0. The van der Waals surface area contributed by atoms with Crippen LogP contribution in [-0.2, 0) is 9.53 Å². The van der Waals surface area contributed by atoms with E-state index < -0.39 is 17.7 Å². The topological polar surface area (TPSA) is 66.8 Å². The zero-order chi connectivity index (χ0) is 15.3. The van der Waals surface area contributed by atoms with Gasteiger partial charge in [-0.15, -0.1) is 0 Å². The monoisotopic (exact) mass is 283 g/mol. The Morgan fingerprint density at radius 3 is 2.50 bits per heavy atom. The molecule has 0 aliphatic carbocycles. The number of rotatable bonds is 4. The van der Waals surface area contributed by atoms with Crippen molar-refractivity contribution in [3.63, 3.8) is 0 Å². The Kier molecular flexibility index (Phi) is 5.60. The number of carboxylic acids is 1. The Morgan fingerprint density at radius 1 is 1.35 bits per heavy atom. The first-order valence-electron chi connectivity index (χ1n) is 7.16. The lowest BCUT2D eigenvalue weighted by Gasteiger charge is -2.31. The number of amides is 1. The molecular weight excluding hydrogens is 258 g/mol. The molecule has 0 bridgehead atoms. The SMILES string of the molecule is CCCCC1=C(C(=O)O)CN(C(=O)OC(C)(C)C)CC1. The molecule has 0 saturated heterocycles. The third kappa shape index (κ3) is 4.87. The van der Waals surface area contributed by atoms with Gasteiger partial charge < -0.3 is 14.7 Å². The maximum atomic E-state index is 12.0. The molecule has 1 aliphatic heterocycles. The molecule has 0 unspecified atom stereocenters. The van der Waals surface area contributed by atoms with Crippen LogP contribution >= 0.6 is 0 Å². The maximum absolute atomic E-state index is 12.0.